The summed E-state index contributed by atoms with van der Waals surface area (Å²) < 4.78 is 44.4. The van der Waals surface area contributed by atoms with Crippen LogP contribution >= 0.6 is 0 Å². The van der Waals surface area contributed by atoms with Crippen molar-refractivity contribution >= 4 is 21.4 Å². The molecule has 0 unspecified atom stereocenters. The SMILES string of the molecule is O=[N+]([O-])c1c(F)cccc1N1CCN(S(=O)(=O)Cc2ccon2)CC1. The van der Waals surface area contributed by atoms with E-state index >= 15 is 0 Å². The van der Waals surface area contributed by atoms with Gasteiger partial charge in [-0.05, 0) is 12.1 Å². The Morgan fingerprint density at radius 1 is 1.24 bits per heavy atom. The Bertz CT molecular complexity index is 863. The van der Waals surface area contributed by atoms with Crippen LogP contribution in [0.3, 0.4) is 0 Å². The van der Waals surface area contributed by atoms with E-state index in [0.29, 0.717) is 5.69 Å². The van der Waals surface area contributed by atoms with Gasteiger partial charge in [0.15, 0.2) is 0 Å². The van der Waals surface area contributed by atoms with E-state index in [-0.39, 0.29) is 37.6 Å². The number of rotatable bonds is 5. The van der Waals surface area contributed by atoms with Gasteiger partial charge in [-0.1, -0.05) is 11.2 Å². The minimum Gasteiger partial charge on any atom is -0.364 e. The zero-order chi connectivity index (χ0) is 18.0. The Morgan fingerprint density at radius 3 is 2.56 bits per heavy atom. The lowest BCUT2D eigenvalue weighted by Crippen LogP contribution is -2.49. The first-order chi connectivity index (χ1) is 11.9. The molecule has 0 radical (unpaired) electrons. The first-order valence-electron chi connectivity index (χ1n) is 7.43. The van der Waals surface area contributed by atoms with E-state index in [1.165, 1.54) is 28.8 Å². The highest BCUT2D eigenvalue weighted by atomic mass is 32.2. The molecule has 1 aliphatic rings. The summed E-state index contributed by atoms with van der Waals surface area (Å²) in [6.07, 6.45) is 1.30. The number of nitro groups is 1. The van der Waals surface area contributed by atoms with Gasteiger partial charge in [-0.3, -0.25) is 10.1 Å². The van der Waals surface area contributed by atoms with Gasteiger partial charge in [0.05, 0.1) is 10.6 Å². The molecule has 1 saturated heterocycles. The highest BCUT2D eigenvalue weighted by Crippen LogP contribution is 2.31. The number of hydrogen-bond acceptors (Lipinski definition) is 7. The van der Waals surface area contributed by atoms with Crippen LogP contribution in [0.2, 0.25) is 0 Å². The third-order valence-corrected chi connectivity index (χ3v) is 5.75. The fourth-order valence-corrected chi connectivity index (χ4v) is 4.16. The quantitative estimate of drug-likeness (QED) is 0.577. The second-order valence-electron chi connectivity index (χ2n) is 5.50. The lowest BCUT2D eigenvalue weighted by molar-refractivity contribution is -0.386. The number of sulfonamides is 1. The number of nitrogens with zero attached hydrogens (tertiary/aromatic N) is 4. The van der Waals surface area contributed by atoms with Gasteiger partial charge in [0.25, 0.3) is 0 Å². The van der Waals surface area contributed by atoms with Gasteiger partial charge in [-0.25, -0.2) is 8.42 Å². The highest BCUT2D eigenvalue weighted by Gasteiger charge is 2.31. The van der Waals surface area contributed by atoms with Crippen LogP contribution in [0.15, 0.2) is 35.1 Å². The third kappa shape index (κ3) is 3.61. The highest BCUT2D eigenvalue weighted by molar-refractivity contribution is 7.88. The molecule has 1 aromatic carbocycles. The van der Waals surface area contributed by atoms with Crippen LogP contribution in [0.1, 0.15) is 5.69 Å². The summed E-state index contributed by atoms with van der Waals surface area (Å²) in [6.45, 7) is 0.742. The maximum Gasteiger partial charge on any atom is 0.327 e. The van der Waals surface area contributed by atoms with Gasteiger partial charge < -0.3 is 9.42 Å². The van der Waals surface area contributed by atoms with Gasteiger partial charge in [0.1, 0.15) is 17.7 Å². The Morgan fingerprint density at radius 2 is 1.96 bits per heavy atom. The number of para-hydroxylation sites is 1. The molecule has 0 bridgehead atoms. The predicted octanol–water partition coefficient (Wildman–Crippen LogP) is 1.37. The average molecular weight is 370 g/mol. The Labute approximate surface area is 142 Å². The maximum atomic E-state index is 13.7. The summed E-state index contributed by atoms with van der Waals surface area (Å²) >= 11 is 0. The molecule has 2 heterocycles. The van der Waals surface area contributed by atoms with E-state index < -0.39 is 26.5 Å². The molecular weight excluding hydrogens is 355 g/mol. The summed E-state index contributed by atoms with van der Waals surface area (Å²) in [5.74, 6) is -1.19. The molecule has 25 heavy (non-hydrogen) atoms. The molecule has 1 aromatic heterocycles. The Hall–Kier alpha value is -2.53. The molecule has 3 rings (SSSR count). The van der Waals surface area contributed by atoms with Crippen molar-refractivity contribution in [1.29, 1.82) is 0 Å². The zero-order valence-electron chi connectivity index (χ0n) is 13.0. The third-order valence-electron chi connectivity index (χ3n) is 3.94. The molecule has 1 fully saturated rings. The second kappa shape index (κ2) is 6.76. The van der Waals surface area contributed by atoms with Crippen LogP contribution in [-0.2, 0) is 15.8 Å². The Kier molecular flexibility index (Phi) is 4.68. The number of halogens is 1. The largest absolute Gasteiger partial charge is 0.364 e. The van der Waals surface area contributed by atoms with E-state index in [9.17, 15) is 22.9 Å². The molecule has 0 aliphatic carbocycles. The number of anilines is 1. The van der Waals surface area contributed by atoms with Crippen LogP contribution in [0.4, 0.5) is 15.8 Å². The topological polar surface area (TPSA) is 110 Å². The van der Waals surface area contributed by atoms with E-state index in [1.807, 2.05) is 0 Å². The number of aromatic nitrogens is 1. The second-order valence-corrected chi connectivity index (χ2v) is 7.47. The van der Waals surface area contributed by atoms with Crippen molar-refractivity contribution in [3.8, 4) is 0 Å². The molecule has 9 nitrogen and oxygen atoms in total. The normalized spacial score (nSPS) is 16.1. The molecule has 2 aromatic rings. The lowest BCUT2D eigenvalue weighted by atomic mass is 10.2. The van der Waals surface area contributed by atoms with Crippen molar-refractivity contribution in [2.75, 3.05) is 31.1 Å². The molecule has 11 heteroatoms. The van der Waals surface area contributed by atoms with Gasteiger partial charge in [-0.15, -0.1) is 0 Å². The zero-order valence-corrected chi connectivity index (χ0v) is 13.9. The molecule has 134 valence electrons. The Balaban J connectivity index is 1.72. The minimum atomic E-state index is -3.57. The number of hydrogen-bond donors (Lipinski definition) is 0. The average Bonchev–Trinajstić information content (AvgIpc) is 3.06. The van der Waals surface area contributed by atoms with Crippen molar-refractivity contribution in [2.45, 2.75) is 5.75 Å². The maximum absolute atomic E-state index is 13.7. The number of piperazine rings is 1. The van der Waals surface area contributed by atoms with Gasteiger partial charge in [-0.2, -0.15) is 8.70 Å². The first-order valence-corrected chi connectivity index (χ1v) is 9.04. The number of benzene rings is 1. The molecule has 0 N–H and O–H groups in total. The standard InChI is InChI=1S/C14H15FN4O5S/c15-12-2-1-3-13(14(12)19(20)21)17-5-7-18(8-6-17)25(22,23)10-11-4-9-24-16-11/h1-4,9H,5-8,10H2. The van der Waals surface area contributed by atoms with Crippen molar-refractivity contribution in [2.24, 2.45) is 0 Å². The summed E-state index contributed by atoms with van der Waals surface area (Å²) in [7, 11) is -3.57. The van der Waals surface area contributed by atoms with E-state index in [4.69, 9.17) is 0 Å². The smallest absolute Gasteiger partial charge is 0.327 e. The van der Waals surface area contributed by atoms with Gasteiger partial charge in [0.2, 0.25) is 15.8 Å². The van der Waals surface area contributed by atoms with Crippen LogP contribution in [0, 0.1) is 15.9 Å². The molecule has 0 saturated carbocycles. The predicted molar refractivity (Wildman–Crippen MR) is 86.0 cm³/mol. The molecule has 0 amide bonds. The molecular formula is C14H15FN4O5S. The minimum absolute atomic E-state index is 0.147. The van der Waals surface area contributed by atoms with Crippen molar-refractivity contribution < 1.29 is 22.3 Å². The first kappa shape index (κ1) is 17.3. The summed E-state index contributed by atoms with van der Waals surface area (Å²) in [6, 6.07) is 5.36. The molecule has 0 spiro atoms. The van der Waals surface area contributed by atoms with Crippen LogP contribution in [0.25, 0.3) is 0 Å². The lowest BCUT2D eigenvalue weighted by Gasteiger charge is -2.34. The van der Waals surface area contributed by atoms with Crippen LogP contribution in [-0.4, -0.2) is 49.0 Å². The monoisotopic (exact) mass is 370 g/mol. The van der Waals surface area contributed by atoms with Crippen LogP contribution < -0.4 is 4.90 Å². The van der Waals surface area contributed by atoms with E-state index in [0.717, 1.165) is 6.07 Å². The molecule has 1 aliphatic heterocycles. The number of nitro benzene ring substituents is 1. The summed E-state index contributed by atoms with van der Waals surface area (Å²) in [5.41, 5.74) is -0.136. The van der Waals surface area contributed by atoms with Crippen LogP contribution in [0.5, 0.6) is 0 Å². The molecule has 0 atom stereocenters. The fraction of sp³-hybridized carbons (Fsp3) is 0.357. The fourth-order valence-electron chi connectivity index (χ4n) is 2.74. The van der Waals surface area contributed by atoms with Crippen molar-refractivity contribution in [3.63, 3.8) is 0 Å². The van der Waals surface area contributed by atoms with Gasteiger partial charge >= 0.3 is 5.69 Å². The summed E-state index contributed by atoms with van der Waals surface area (Å²) in [4.78, 5) is 12.0. The van der Waals surface area contributed by atoms with E-state index in [2.05, 4.69) is 9.68 Å². The van der Waals surface area contributed by atoms with Gasteiger partial charge in [0, 0.05) is 32.2 Å². The van der Waals surface area contributed by atoms with Crippen molar-refractivity contribution in [3.05, 3.63) is 52.2 Å². The van der Waals surface area contributed by atoms with E-state index in [1.54, 1.807) is 4.90 Å². The summed E-state index contributed by atoms with van der Waals surface area (Å²) in [5, 5.41) is 14.7. The van der Waals surface area contributed by atoms with Crippen molar-refractivity contribution in [1.82, 2.24) is 9.46 Å².